The molecule has 11 nitrogen and oxygen atoms in total. The molecule has 0 fully saturated rings. The van der Waals surface area contributed by atoms with Gasteiger partial charge in [0.1, 0.15) is 17.5 Å². The number of carbonyl (C=O) groups is 4. The smallest absolute Gasteiger partial charge is 0.335 e. The van der Waals surface area contributed by atoms with Crippen molar-refractivity contribution in [2.24, 2.45) is 0 Å². The van der Waals surface area contributed by atoms with Crippen LogP contribution in [0, 0.1) is 0 Å². The Hall–Kier alpha value is -3.96. The number of rotatable bonds is 14. The maximum absolute atomic E-state index is 11.6. The van der Waals surface area contributed by atoms with Crippen LogP contribution in [0.4, 0.5) is 0 Å². The van der Waals surface area contributed by atoms with Gasteiger partial charge in [0.05, 0.1) is 18.7 Å². The van der Waals surface area contributed by atoms with E-state index in [0.717, 1.165) is 0 Å². The Labute approximate surface area is 188 Å². The van der Waals surface area contributed by atoms with Gasteiger partial charge in [0, 0.05) is 13.1 Å². The fourth-order valence-electron chi connectivity index (χ4n) is 2.97. The first-order valence-electron chi connectivity index (χ1n) is 9.86. The number of hydrogen-bond acceptors (Lipinski definition) is 7. The molecule has 176 valence electrons. The molecule has 0 heterocycles. The van der Waals surface area contributed by atoms with Crippen LogP contribution in [-0.2, 0) is 20.8 Å². The summed E-state index contributed by atoms with van der Waals surface area (Å²) in [5.41, 5.74) is 0.843. The number of carboxylic acids is 4. The van der Waals surface area contributed by atoms with Crippen LogP contribution in [0.5, 0.6) is 11.5 Å². The van der Waals surface area contributed by atoms with E-state index in [0.29, 0.717) is 17.1 Å². The average molecular weight is 460 g/mol. The number of nitrogens with zero attached hydrogens (tertiary/aromatic N) is 1. The number of carboxylic acid groups (broad SMARTS) is 4. The van der Waals surface area contributed by atoms with Crippen LogP contribution in [0.3, 0.4) is 0 Å². The summed E-state index contributed by atoms with van der Waals surface area (Å²) in [6, 6.07) is 11.6. The lowest BCUT2D eigenvalue weighted by Gasteiger charge is -2.20. The van der Waals surface area contributed by atoms with E-state index in [9.17, 15) is 24.3 Å². The molecule has 0 aliphatic heterocycles. The third-order valence-corrected chi connectivity index (χ3v) is 4.53. The highest BCUT2D eigenvalue weighted by Crippen LogP contribution is 2.22. The van der Waals surface area contributed by atoms with Crippen molar-refractivity contribution in [2.45, 2.75) is 12.5 Å². The average Bonchev–Trinajstić information content (AvgIpc) is 2.73. The molecule has 0 saturated heterocycles. The fraction of sp³-hybridized carbons (Fsp3) is 0.273. The summed E-state index contributed by atoms with van der Waals surface area (Å²) in [7, 11) is 0. The minimum absolute atomic E-state index is 0.0514. The van der Waals surface area contributed by atoms with Crippen molar-refractivity contribution in [3.05, 3.63) is 59.7 Å². The molecule has 33 heavy (non-hydrogen) atoms. The Morgan fingerprint density at radius 3 is 1.79 bits per heavy atom. The van der Waals surface area contributed by atoms with Crippen molar-refractivity contribution in [1.82, 2.24) is 10.2 Å². The molecule has 0 radical (unpaired) electrons. The Kier molecular flexibility index (Phi) is 9.33. The Morgan fingerprint density at radius 2 is 1.33 bits per heavy atom. The summed E-state index contributed by atoms with van der Waals surface area (Å²) in [5, 5.41) is 38.9. The van der Waals surface area contributed by atoms with E-state index in [1.807, 2.05) is 0 Å². The van der Waals surface area contributed by atoms with Crippen molar-refractivity contribution in [3.8, 4) is 11.5 Å². The Morgan fingerprint density at radius 1 is 0.818 bits per heavy atom. The van der Waals surface area contributed by atoms with Crippen molar-refractivity contribution in [1.29, 1.82) is 0 Å². The normalized spacial score (nSPS) is 11.7. The van der Waals surface area contributed by atoms with Crippen LogP contribution in [0.1, 0.15) is 15.9 Å². The molecule has 0 aliphatic rings. The molecule has 0 bridgehead atoms. The highest BCUT2D eigenvalue weighted by molar-refractivity contribution is 5.87. The van der Waals surface area contributed by atoms with Crippen LogP contribution in [0.2, 0.25) is 0 Å². The third-order valence-electron chi connectivity index (χ3n) is 4.53. The van der Waals surface area contributed by atoms with Crippen LogP contribution < -0.4 is 10.1 Å². The molecule has 2 aromatic rings. The number of aromatic carboxylic acids is 1. The predicted molar refractivity (Wildman–Crippen MR) is 115 cm³/mol. The molecular formula is C22H24N2O9. The quantitative estimate of drug-likeness (QED) is 0.274. The van der Waals surface area contributed by atoms with E-state index in [-0.39, 0.29) is 25.1 Å². The summed E-state index contributed by atoms with van der Waals surface area (Å²) < 4.78 is 5.65. The minimum atomic E-state index is -1.17. The second kappa shape index (κ2) is 12.2. The van der Waals surface area contributed by atoms with Gasteiger partial charge in [0.25, 0.3) is 0 Å². The summed E-state index contributed by atoms with van der Waals surface area (Å²) in [6.07, 6.45) is 0.140. The van der Waals surface area contributed by atoms with Gasteiger partial charge in [0.15, 0.2) is 0 Å². The second-order valence-electron chi connectivity index (χ2n) is 7.12. The first kappa shape index (κ1) is 25.3. The predicted octanol–water partition coefficient (Wildman–Crippen LogP) is 1.23. The molecule has 2 rings (SSSR count). The zero-order valence-corrected chi connectivity index (χ0v) is 17.5. The molecular weight excluding hydrogens is 436 g/mol. The summed E-state index contributed by atoms with van der Waals surface area (Å²) in [6.45, 7) is -0.792. The Bertz CT molecular complexity index is 958. The standard InChI is InChI=1S/C22H24N2O9/c25-19(26)12-24(13-20(27)28)10-9-23-18(22(31)32)11-14-1-5-16(6-2-14)33-17-7-3-15(4-8-17)21(29)30/h1-8,18,23H,9-13H2,(H,25,26)(H,27,28)(H,29,30)(H,31,32)/t18-/m0/s1. The highest BCUT2D eigenvalue weighted by Gasteiger charge is 2.19. The number of nitrogens with one attached hydrogen (secondary N) is 1. The zero-order valence-electron chi connectivity index (χ0n) is 17.5. The van der Waals surface area contributed by atoms with Crippen LogP contribution in [0.25, 0.3) is 0 Å². The van der Waals surface area contributed by atoms with Gasteiger partial charge >= 0.3 is 23.9 Å². The van der Waals surface area contributed by atoms with Gasteiger partial charge in [0.2, 0.25) is 0 Å². The van der Waals surface area contributed by atoms with Gasteiger partial charge in [-0.1, -0.05) is 12.1 Å². The SMILES string of the molecule is O=C(O)CN(CCN[C@@H](Cc1ccc(Oc2ccc(C(=O)O)cc2)cc1)C(=O)O)CC(=O)O. The lowest BCUT2D eigenvalue weighted by Crippen LogP contribution is -2.44. The van der Waals surface area contributed by atoms with Crippen molar-refractivity contribution in [2.75, 3.05) is 26.2 Å². The monoisotopic (exact) mass is 460 g/mol. The van der Waals surface area contributed by atoms with Crippen molar-refractivity contribution >= 4 is 23.9 Å². The first-order valence-corrected chi connectivity index (χ1v) is 9.86. The highest BCUT2D eigenvalue weighted by atomic mass is 16.5. The maximum Gasteiger partial charge on any atom is 0.335 e. The van der Waals surface area contributed by atoms with Gasteiger partial charge in [-0.3, -0.25) is 19.3 Å². The topological polar surface area (TPSA) is 174 Å². The van der Waals surface area contributed by atoms with E-state index in [1.165, 1.54) is 29.2 Å². The first-order chi connectivity index (χ1) is 15.6. The van der Waals surface area contributed by atoms with E-state index in [2.05, 4.69) is 5.32 Å². The molecule has 0 unspecified atom stereocenters. The molecule has 0 saturated carbocycles. The maximum atomic E-state index is 11.6. The van der Waals surface area contributed by atoms with Gasteiger partial charge in [-0.2, -0.15) is 0 Å². The van der Waals surface area contributed by atoms with Crippen molar-refractivity contribution in [3.63, 3.8) is 0 Å². The minimum Gasteiger partial charge on any atom is -0.480 e. The van der Waals surface area contributed by atoms with E-state index < -0.39 is 43.0 Å². The third kappa shape index (κ3) is 8.97. The molecule has 2 aromatic carbocycles. The van der Waals surface area contributed by atoms with Crippen LogP contribution in [0.15, 0.2) is 48.5 Å². The molecule has 11 heteroatoms. The molecule has 0 amide bonds. The van der Waals surface area contributed by atoms with Gasteiger partial charge in [-0.05, 0) is 48.4 Å². The molecule has 5 N–H and O–H groups in total. The van der Waals surface area contributed by atoms with E-state index in [1.54, 1.807) is 24.3 Å². The summed E-state index contributed by atoms with van der Waals surface area (Å²) in [5.74, 6) is -3.55. The van der Waals surface area contributed by atoms with E-state index >= 15 is 0 Å². The van der Waals surface area contributed by atoms with Crippen LogP contribution >= 0.6 is 0 Å². The number of benzene rings is 2. The molecule has 1 atom stereocenters. The zero-order chi connectivity index (χ0) is 24.4. The summed E-state index contributed by atoms with van der Waals surface area (Å²) >= 11 is 0. The second-order valence-corrected chi connectivity index (χ2v) is 7.12. The number of aliphatic carboxylic acids is 3. The van der Waals surface area contributed by atoms with Crippen molar-refractivity contribution < 1.29 is 44.3 Å². The lowest BCUT2D eigenvalue weighted by molar-refractivity contribution is -0.143. The largest absolute Gasteiger partial charge is 0.480 e. The Balaban J connectivity index is 1.91. The molecule has 0 spiro atoms. The lowest BCUT2D eigenvalue weighted by atomic mass is 10.1. The fourth-order valence-corrected chi connectivity index (χ4v) is 2.97. The number of ether oxygens (including phenoxy) is 1. The summed E-state index contributed by atoms with van der Waals surface area (Å²) in [4.78, 5) is 45.3. The molecule has 0 aromatic heterocycles. The van der Waals surface area contributed by atoms with E-state index in [4.69, 9.17) is 20.1 Å². The molecule has 0 aliphatic carbocycles. The van der Waals surface area contributed by atoms with Gasteiger partial charge in [-0.15, -0.1) is 0 Å². The number of hydrogen-bond donors (Lipinski definition) is 5. The van der Waals surface area contributed by atoms with Gasteiger partial charge in [-0.25, -0.2) is 4.79 Å². The van der Waals surface area contributed by atoms with Crippen LogP contribution in [-0.4, -0.2) is 81.4 Å². The van der Waals surface area contributed by atoms with Gasteiger partial charge < -0.3 is 30.5 Å².